The Labute approximate surface area is 130 Å². The summed E-state index contributed by atoms with van der Waals surface area (Å²) < 4.78 is 0. The molecule has 0 radical (unpaired) electrons. The van der Waals surface area contributed by atoms with Crippen LogP contribution in [-0.2, 0) is 5.41 Å². The van der Waals surface area contributed by atoms with E-state index in [0.717, 1.165) is 5.56 Å². The van der Waals surface area contributed by atoms with Gasteiger partial charge in [-0.1, -0.05) is 50.6 Å². The normalized spacial score (nSPS) is 11.2. The molecule has 2 rings (SSSR count). The molecule has 0 heterocycles. The van der Waals surface area contributed by atoms with Crippen molar-refractivity contribution in [1.82, 2.24) is 0 Å². The van der Waals surface area contributed by atoms with Crippen molar-refractivity contribution < 1.29 is 4.79 Å². The van der Waals surface area contributed by atoms with Crippen LogP contribution in [0.2, 0.25) is 5.02 Å². The lowest BCUT2D eigenvalue weighted by Gasteiger charge is -2.22. The zero-order valence-electron chi connectivity index (χ0n) is 12.4. The minimum atomic E-state index is -0.174. The highest BCUT2D eigenvalue weighted by Gasteiger charge is 2.21. The number of hydrogen-bond acceptors (Lipinski definition) is 2. The monoisotopic (exact) mass is 302 g/mol. The third-order valence-corrected chi connectivity index (χ3v) is 3.53. The molecule has 0 saturated carbocycles. The van der Waals surface area contributed by atoms with Crippen molar-refractivity contribution >= 4 is 28.9 Å². The van der Waals surface area contributed by atoms with E-state index in [2.05, 4.69) is 26.1 Å². The maximum Gasteiger partial charge on any atom is 0.256 e. The SMILES string of the molecule is CC(C)(C)c1ccccc1C(=O)Nc1ccc(N)cc1Cl. The third-order valence-electron chi connectivity index (χ3n) is 3.22. The fourth-order valence-corrected chi connectivity index (χ4v) is 2.39. The summed E-state index contributed by atoms with van der Waals surface area (Å²) in [6, 6.07) is 12.6. The summed E-state index contributed by atoms with van der Waals surface area (Å²) >= 11 is 6.10. The summed E-state index contributed by atoms with van der Waals surface area (Å²) in [4.78, 5) is 12.5. The maximum atomic E-state index is 12.5. The van der Waals surface area contributed by atoms with E-state index in [0.29, 0.717) is 22.0 Å². The van der Waals surface area contributed by atoms with Gasteiger partial charge in [0.05, 0.1) is 10.7 Å². The van der Waals surface area contributed by atoms with Gasteiger partial charge in [0.25, 0.3) is 5.91 Å². The smallest absolute Gasteiger partial charge is 0.256 e. The van der Waals surface area contributed by atoms with E-state index < -0.39 is 0 Å². The van der Waals surface area contributed by atoms with Gasteiger partial charge in [0.1, 0.15) is 0 Å². The lowest BCUT2D eigenvalue weighted by atomic mass is 9.83. The first-order chi connectivity index (χ1) is 9.79. The number of nitrogens with one attached hydrogen (secondary N) is 1. The Bertz CT molecular complexity index is 675. The number of hydrogen-bond donors (Lipinski definition) is 2. The fourth-order valence-electron chi connectivity index (χ4n) is 2.16. The van der Waals surface area contributed by atoms with Gasteiger partial charge in [-0.2, -0.15) is 0 Å². The van der Waals surface area contributed by atoms with Crippen molar-refractivity contribution in [2.75, 3.05) is 11.1 Å². The number of amides is 1. The summed E-state index contributed by atoms with van der Waals surface area (Å²) in [7, 11) is 0. The van der Waals surface area contributed by atoms with Gasteiger partial charge in [0.15, 0.2) is 0 Å². The largest absolute Gasteiger partial charge is 0.399 e. The average Bonchev–Trinajstić information content (AvgIpc) is 2.41. The minimum Gasteiger partial charge on any atom is -0.399 e. The molecule has 3 nitrogen and oxygen atoms in total. The molecule has 0 aliphatic heterocycles. The maximum absolute atomic E-state index is 12.5. The highest BCUT2D eigenvalue weighted by Crippen LogP contribution is 2.28. The van der Waals surface area contributed by atoms with Gasteiger partial charge in [-0.25, -0.2) is 0 Å². The molecule has 0 saturated heterocycles. The van der Waals surface area contributed by atoms with Gasteiger partial charge >= 0.3 is 0 Å². The molecule has 3 N–H and O–H groups in total. The van der Waals surface area contributed by atoms with Crippen LogP contribution in [0.5, 0.6) is 0 Å². The molecule has 4 heteroatoms. The minimum absolute atomic E-state index is 0.112. The molecule has 0 unspecified atom stereocenters. The Kier molecular flexibility index (Phi) is 4.24. The second-order valence-electron chi connectivity index (χ2n) is 5.99. The number of anilines is 2. The molecular weight excluding hydrogens is 284 g/mol. The highest BCUT2D eigenvalue weighted by atomic mass is 35.5. The molecule has 21 heavy (non-hydrogen) atoms. The van der Waals surface area contributed by atoms with Crippen LogP contribution >= 0.6 is 11.6 Å². The molecule has 2 aromatic rings. The van der Waals surface area contributed by atoms with Crippen LogP contribution < -0.4 is 11.1 Å². The topological polar surface area (TPSA) is 55.1 Å². The van der Waals surface area contributed by atoms with Gasteiger partial charge in [-0.15, -0.1) is 0 Å². The Morgan fingerprint density at radius 1 is 1.14 bits per heavy atom. The first-order valence-electron chi connectivity index (χ1n) is 6.75. The molecule has 0 spiro atoms. The van der Waals surface area contributed by atoms with Gasteiger partial charge in [-0.3, -0.25) is 4.79 Å². The predicted octanol–water partition coefficient (Wildman–Crippen LogP) is 4.47. The standard InChI is InChI=1S/C17H19ClN2O/c1-17(2,3)13-7-5-4-6-12(13)16(21)20-15-9-8-11(19)10-14(15)18/h4-10H,19H2,1-3H3,(H,20,21). The number of nitrogens with two attached hydrogens (primary N) is 1. The summed E-state index contributed by atoms with van der Waals surface area (Å²) in [5.41, 5.74) is 8.30. The number of carbonyl (C=O) groups excluding carboxylic acids is 1. The van der Waals surface area contributed by atoms with Gasteiger partial charge in [0.2, 0.25) is 0 Å². The molecule has 110 valence electrons. The van der Waals surface area contributed by atoms with E-state index in [1.807, 2.05) is 24.3 Å². The number of halogens is 1. The van der Waals surface area contributed by atoms with Gasteiger partial charge in [-0.05, 0) is 35.2 Å². The van der Waals surface area contributed by atoms with Crippen LogP contribution in [0, 0.1) is 0 Å². The first kappa shape index (κ1) is 15.4. The summed E-state index contributed by atoms with van der Waals surface area (Å²) in [5, 5.41) is 3.27. The summed E-state index contributed by atoms with van der Waals surface area (Å²) in [6.07, 6.45) is 0. The van der Waals surface area contributed by atoms with E-state index in [4.69, 9.17) is 17.3 Å². The van der Waals surface area contributed by atoms with Crippen molar-refractivity contribution in [2.24, 2.45) is 0 Å². The highest BCUT2D eigenvalue weighted by molar-refractivity contribution is 6.34. The van der Waals surface area contributed by atoms with E-state index in [1.165, 1.54) is 0 Å². The summed E-state index contributed by atoms with van der Waals surface area (Å²) in [5.74, 6) is -0.174. The molecule has 1 amide bonds. The lowest BCUT2D eigenvalue weighted by molar-refractivity contribution is 0.102. The van der Waals surface area contributed by atoms with Crippen LogP contribution in [0.1, 0.15) is 36.7 Å². The van der Waals surface area contributed by atoms with E-state index in [-0.39, 0.29) is 11.3 Å². The fraction of sp³-hybridized carbons (Fsp3) is 0.235. The Morgan fingerprint density at radius 2 is 1.81 bits per heavy atom. The number of benzene rings is 2. The van der Waals surface area contributed by atoms with Crippen molar-refractivity contribution in [2.45, 2.75) is 26.2 Å². The van der Waals surface area contributed by atoms with E-state index in [1.54, 1.807) is 18.2 Å². The quantitative estimate of drug-likeness (QED) is 0.804. The lowest BCUT2D eigenvalue weighted by Crippen LogP contribution is -2.21. The summed E-state index contributed by atoms with van der Waals surface area (Å²) in [6.45, 7) is 6.24. The molecular formula is C17H19ClN2O. The molecule has 0 atom stereocenters. The van der Waals surface area contributed by atoms with Gasteiger partial charge in [0, 0.05) is 11.3 Å². The zero-order valence-corrected chi connectivity index (χ0v) is 13.2. The second kappa shape index (κ2) is 5.78. The van der Waals surface area contributed by atoms with Crippen molar-refractivity contribution in [1.29, 1.82) is 0 Å². The molecule has 0 bridgehead atoms. The van der Waals surface area contributed by atoms with E-state index >= 15 is 0 Å². The van der Waals surface area contributed by atoms with Crippen molar-refractivity contribution in [3.8, 4) is 0 Å². The predicted molar refractivity (Wildman–Crippen MR) is 89.0 cm³/mol. The average molecular weight is 303 g/mol. The van der Waals surface area contributed by atoms with Crippen molar-refractivity contribution in [3.05, 3.63) is 58.6 Å². The number of nitrogen functional groups attached to an aromatic ring is 1. The number of rotatable bonds is 2. The third kappa shape index (κ3) is 3.56. The molecule has 0 aliphatic rings. The van der Waals surface area contributed by atoms with Crippen LogP contribution in [-0.4, -0.2) is 5.91 Å². The molecule has 0 fully saturated rings. The van der Waals surface area contributed by atoms with Crippen molar-refractivity contribution in [3.63, 3.8) is 0 Å². The first-order valence-corrected chi connectivity index (χ1v) is 7.13. The molecule has 2 aromatic carbocycles. The molecule has 0 aromatic heterocycles. The number of carbonyl (C=O) groups is 1. The van der Waals surface area contributed by atoms with Crippen LogP contribution in [0.25, 0.3) is 0 Å². The van der Waals surface area contributed by atoms with Crippen LogP contribution in [0.4, 0.5) is 11.4 Å². The van der Waals surface area contributed by atoms with E-state index in [9.17, 15) is 4.79 Å². The Morgan fingerprint density at radius 3 is 2.43 bits per heavy atom. The van der Waals surface area contributed by atoms with Crippen LogP contribution in [0.3, 0.4) is 0 Å². The molecule has 0 aliphatic carbocycles. The van der Waals surface area contributed by atoms with Crippen LogP contribution in [0.15, 0.2) is 42.5 Å². The Balaban J connectivity index is 2.33. The Hall–Kier alpha value is -2.00. The van der Waals surface area contributed by atoms with Gasteiger partial charge < -0.3 is 11.1 Å². The second-order valence-corrected chi connectivity index (χ2v) is 6.40. The zero-order chi connectivity index (χ0) is 15.6.